The van der Waals surface area contributed by atoms with Crippen LogP contribution in [0.1, 0.15) is 5.56 Å². The smallest absolute Gasteiger partial charge is 0.147 e. The number of fused-ring (bicyclic) bond motifs is 2. The van der Waals surface area contributed by atoms with Gasteiger partial charge in [-0.1, -0.05) is 24.3 Å². The van der Waals surface area contributed by atoms with Gasteiger partial charge >= 0.3 is 0 Å². The van der Waals surface area contributed by atoms with Crippen molar-refractivity contribution in [1.29, 1.82) is 0 Å². The lowest BCUT2D eigenvalue weighted by atomic mass is 9.98. The molecular formula is C28H22FN5O2S. The molecule has 0 atom stereocenters. The summed E-state index contributed by atoms with van der Waals surface area (Å²) in [5.41, 5.74) is 7.49. The summed E-state index contributed by atoms with van der Waals surface area (Å²) in [6, 6.07) is 22.0. The molecule has 0 bridgehead atoms. The van der Waals surface area contributed by atoms with Gasteiger partial charge in [0, 0.05) is 23.4 Å². The predicted octanol–water partition coefficient (Wildman–Crippen LogP) is 5.56. The topological polar surface area (TPSA) is 104 Å². The maximum Gasteiger partial charge on any atom is 0.147 e. The number of rotatable bonds is 6. The molecule has 0 spiro atoms. The third-order valence-corrected chi connectivity index (χ3v) is 7.23. The number of pyridine rings is 2. The van der Waals surface area contributed by atoms with Crippen molar-refractivity contribution < 1.29 is 12.8 Å². The maximum atomic E-state index is 14.5. The van der Waals surface area contributed by atoms with E-state index in [-0.39, 0.29) is 12.2 Å². The second kappa shape index (κ2) is 8.94. The highest BCUT2D eigenvalue weighted by Gasteiger charge is 2.16. The van der Waals surface area contributed by atoms with Gasteiger partial charge in [-0.05, 0) is 71.6 Å². The Balaban J connectivity index is 1.44. The molecule has 0 aliphatic heterocycles. The number of sulfone groups is 1. The molecular weight excluding hydrogens is 489 g/mol. The standard InChI is InChI=1S/C28H22FN5O2S/c1-37(35,36)12-10-17-13-18(15-19(29)14-17)20-5-4-7-22-21(20)16-26(31-22)28-27-25(33-34-28)9-8-24(32-27)23-6-2-3-11-30-23/h2-9,11,13-16,31H,10,12H2,1H3,(H,33,34). The van der Waals surface area contributed by atoms with Gasteiger partial charge in [0.1, 0.15) is 26.9 Å². The van der Waals surface area contributed by atoms with Crippen LogP contribution in [0.15, 0.2) is 79.0 Å². The number of hydrogen-bond acceptors (Lipinski definition) is 5. The van der Waals surface area contributed by atoms with Gasteiger partial charge in [0.15, 0.2) is 0 Å². The largest absolute Gasteiger partial charge is 0.353 e. The average molecular weight is 512 g/mol. The van der Waals surface area contributed by atoms with Gasteiger partial charge in [0.2, 0.25) is 0 Å². The number of aryl methyl sites for hydroxylation is 1. The first-order valence-corrected chi connectivity index (χ1v) is 13.8. The van der Waals surface area contributed by atoms with Crippen LogP contribution in [0.3, 0.4) is 0 Å². The van der Waals surface area contributed by atoms with Crippen molar-refractivity contribution in [2.75, 3.05) is 12.0 Å². The minimum absolute atomic E-state index is 0.0336. The highest BCUT2D eigenvalue weighted by molar-refractivity contribution is 7.90. The number of aromatic nitrogens is 5. The zero-order valence-corrected chi connectivity index (χ0v) is 20.7. The van der Waals surface area contributed by atoms with E-state index >= 15 is 0 Å². The van der Waals surface area contributed by atoms with Crippen LogP contribution in [-0.4, -0.2) is 45.6 Å². The van der Waals surface area contributed by atoms with E-state index < -0.39 is 15.7 Å². The summed E-state index contributed by atoms with van der Waals surface area (Å²) in [7, 11) is -3.16. The molecule has 0 aliphatic rings. The monoisotopic (exact) mass is 511 g/mol. The Kier molecular flexibility index (Phi) is 5.57. The number of hydrogen-bond donors (Lipinski definition) is 2. The normalized spacial score (nSPS) is 11.9. The fourth-order valence-electron chi connectivity index (χ4n) is 4.53. The van der Waals surface area contributed by atoms with Crippen molar-refractivity contribution in [3.63, 3.8) is 0 Å². The van der Waals surface area contributed by atoms with Gasteiger partial charge in [0.05, 0.1) is 28.4 Å². The van der Waals surface area contributed by atoms with Crippen LogP contribution >= 0.6 is 0 Å². The molecule has 0 aliphatic carbocycles. The summed E-state index contributed by atoms with van der Waals surface area (Å²) in [5, 5.41) is 8.46. The first-order valence-electron chi connectivity index (χ1n) is 11.7. The van der Waals surface area contributed by atoms with Gasteiger partial charge < -0.3 is 4.98 Å². The zero-order valence-electron chi connectivity index (χ0n) is 19.9. The maximum absolute atomic E-state index is 14.5. The van der Waals surface area contributed by atoms with Crippen LogP contribution in [0.2, 0.25) is 0 Å². The van der Waals surface area contributed by atoms with Crippen molar-refractivity contribution in [2.45, 2.75) is 6.42 Å². The zero-order chi connectivity index (χ0) is 25.6. The van der Waals surface area contributed by atoms with E-state index in [9.17, 15) is 12.8 Å². The molecule has 4 aromatic heterocycles. The second-order valence-corrected chi connectivity index (χ2v) is 11.3. The van der Waals surface area contributed by atoms with Crippen molar-refractivity contribution in [2.24, 2.45) is 0 Å². The Labute approximate surface area is 212 Å². The molecule has 2 aromatic carbocycles. The molecule has 9 heteroatoms. The van der Waals surface area contributed by atoms with Crippen LogP contribution < -0.4 is 0 Å². The van der Waals surface area contributed by atoms with Gasteiger partial charge in [-0.15, -0.1) is 0 Å². The number of aromatic amines is 2. The van der Waals surface area contributed by atoms with E-state index in [0.717, 1.165) is 39.1 Å². The fraction of sp³-hybridized carbons (Fsp3) is 0.107. The molecule has 0 saturated heterocycles. The Morgan fingerprint density at radius 2 is 1.81 bits per heavy atom. The number of nitrogens with zero attached hydrogens (tertiary/aromatic N) is 3. The molecule has 0 fully saturated rings. The average Bonchev–Trinajstić information content (AvgIpc) is 3.51. The predicted molar refractivity (Wildman–Crippen MR) is 143 cm³/mol. The second-order valence-electron chi connectivity index (χ2n) is 9.06. The van der Waals surface area contributed by atoms with E-state index in [1.54, 1.807) is 6.20 Å². The Morgan fingerprint density at radius 3 is 2.62 bits per heavy atom. The van der Waals surface area contributed by atoms with Gasteiger partial charge in [-0.25, -0.2) is 17.8 Å². The van der Waals surface area contributed by atoms with E-state index in [0.29, 0.717) is 22.3 Å². The molecule has 0 amide bonds. The first-order chi connectivity index (χ1) is 17.8. The number of H-pyrrole nitrogens is 2. The lowest BCUT2D eigenvalue weighted by molar-refractivity contribution is 0.600. The Bertz CT molecular complexity index is 1880. The minimum atomic E-state index is -3.16. The molecule has 6 aromatic rings. The summed E-state index contributed by atoms with van der Waals surface area (Å²) < 4.78 is 37.8. The molecule has 37 heavy (non-hydrogen) atoms. The van der Waals surface area contributed by atoms with E-state index in [1.807, 2.05) is 60.7 Å². The highest BCUT2D eigenvalue weighted by atomic mass is 32.2. The van der Waals surface area contributed by atoms with Crippen molar-refractivity contribution >= 4 is 31.8 Å². The molecule has 6 rings (SSSR count). The Hall–Kier alpha value is -4.37. The third-order valence-electron chi connectivity index (χ3n) is 6.28. The molecule has 184 valence electrons. The highest BCUT2D eigenvalue weighted by Crippen LogP contribution is 2.34. The lowest BCUT2D eigenvalue weighted by Gasteiger charge is -2.08. The van der Waals surface area contributed by atoms with E-state index in [1.165, 1.54) is 18.4 Å². The summed E-state index contributed by atoms with van der Waals surface area (Å²) in [6.45, 7) is 0. The van der Waals surface area contributed by atoms with Crippen LogP contribution in [-0.2, 0) is 16.3 Å². The third kappa shape index (κ3) is 4.61. The molecule has 7 nitrogen and oxygen atoms in total. The van der Waals surface area contributed by atoms with E-state index in [4.69, 9.17) is 4.98 Å². The summed E-state index contributed by atoms with van der Waals surface area (Å²) in [5.74, 6) is -0.438. The molecule has 0 radical (unpaired) electrons. The van der Waals surface area contributed by atoms with Crippen LogP contribution in [0.25, 0.3) is 55.8 Å². The fourth-order valence-corrected chi connectivity index (χ4v) is 5.14. The SMILES string of the molecule is CS(=O)(=O)CCc1cc(F)cc(-c2cccc3[nH]c(-c4n[nH]c5ccc(-c6ccccn6)nc45)cc23)c1. The number of nitrogens with one attached hydrogen (secondary N) is 2. The van der Waals surface area contributed by atoms with Crippen LogP contribution in [0.4, 0.5) is 4.39 Å². The Morgan fingerprint density at radius 1 is 0.919 bits per heavy atom. The summed E-state index contributed by atoms with van der Waals surface area (Å²) in [6.07, 6.45) is 3.17. The lowest BCUT2D eigenvalue weighted by Crippen LogP contribution is -2.06. The molecule has 0 unspecified atom stereocenters. The summed E-state index contributed by atoms with van der Waals surface area (Å²) >= 11 is 0. The van der Waals surface area contributed by atoms with Crippen LogP contribution in [0.5, 0.6) is 0 Å². The van der Waals surface area contributed by atoms with Gasteiger partial charge in [-0.2, -0.15) is 5.10 Å². The number of halogens is 1. The number of benzene rings is 2. The van der Waals surface area contributed by atoms with Crippen molar-refractivity contribution in [3.05, 3.63) is 90.4 Å². The summed E-state index contributed by atoms with van der Waals surface area (Å²) in [4.78, 5) is 12.6. The van der Waals surface area contributed by atoms with Crippen LogP contribution in [0, 0.1) is 5.82 Å². The van der Waals surface area contributed by atoms with E-state index in [2.05, 4.69) is 20.2 Å². The molecule has 2 N–H and O–H groups in total. The van der Waals surface area contributed by atoms with Gasteiger partial charge in [-0.3, -0.25) is 10.1 Å². The molecule has 4 heterocycles. The van der Waals surface area contributed by atoms with Crippen molar-refractivity contribution in [1.82, 2.24) is 25.1 Å². The minimum Gasteiger partial charge on any atom is -0.353 e. The quantitative estimate of drug-likeness (QED) is 0.305. The van der Waals surface area contributed by atoms with Crippen molar-refractivity contribution in [3.8, 4) is 33.9 Å². The molecule has 0 saturated carbocycles. The van der Waals surface area contributed by atoms with Gasteiger partial charge in [0.25, 0.3) is 0 Å². The first kappa shape index (κ1) is 23.1.